The Balaban J connectivity index is 2.07. The summed E-state index contributed by atoms with van der Waals surface area (Å²) in [6.45, 7) is 3.54. The highest BCUT2D eigenvalue weighted by atomic mass is 32.2. The van der Waals surface area contributed by atoms with Gasteiger partial charge in [-0.1, -0.05) is 11.8 Å². The normalized spacial score (nSPS) is 10.4. The lowest BCUT2D eigenvalue weighted by atomic mass is 10.2. The van der Waals surface area contributed by atoms with Crippen molar-refractivity contribution in [1.29, 1.82) is 0 Å². The number of aryl methyl sites for hydroxylation is 1. The van der Waals surface area contributed by atoms with Crippen LogP contribution in [-0.4, -0.2) is 16.5 Å². The molecule has 0 radical (unpaired) electrons. The first-order chi connectivity index (χ1) is 6.68. The summed E-state index contributed by atoms with van der Waals surface area (Å²) < 4.78 is 5.18. The van der Waals surface area contributed by atoms with Crippen molar-refractivity contribution >= 4 is 17.5 Å². The highest BCUT2D eigenvalue weighted by molar-refractivity contribution is 7.99. The standard InChI is InChI=1S/C10H15NO2S/c1-8-7-13-10(11-8)14-6-4-3-5-9(2)12/h7H,3-6H2,1-2H3. The van der Waals surface area contributed by atoms with Crippen molar-refractivity contribution in [2.75, 3.05) is 5.75 Å². The molecule has 1 aromatic rings. The molecule has 14 heavy (non-hydrogen) atoms. The summed E-state index contributed by atoms with van der Waals surface area (Å²) >= 11 is 1.60. The van der Waals surface area contributed by atoms with Gasteiger partial charge in [-0.05, 0) is 26.7 Å². The molecule has 0 saturated heterocycles. The molecule has 0 aromatic carbocycles. The summed E-state index contributed by atoms with van der Waals surface area (Å²) in [5.74, 6) is 1.23. The van der Waals surface area contributed by atoms with Crippen LogP contribution in [0, 0.1) is 6.92 Å². The molecule has 0 aliphatic rings. The summed E-state index contributed by atoms with van der Waals surface area (Å²) in [7, 11) is 0. The molecular weight excluding hydrogens is 198 g/mol. The minimum absolute atomic E-state index is 0.266. The molecule has 0 spiro atoms. The maximum absolute atomic E-state index is 10.6. The van der Waals surface area contributed by atoms with E-state index in [0.29, 0.717) is 6.42 Å². The fourth-order valence-electron chi connectivity index (χ4n) is 1.03. The van der Waals surface area contributed by atoms with Gasteiger partial charge in [0.1, 0.15) is 12.0 Å². The predicted molar refractivity (Wildman–Crippen MR) is 56.5 cm³/mol. The van der Waals surface area contributed by atoms with Crippen molar-refractivity contribution in [3.05, 3.63) is 12.0 Å². The van der Waals surface area contributed by atoms with E-state index in [0.717, 1.165) is 29.5 Å². The number of unbranched alkanes of at least 4 members (excludes halogenated alkanes) is 1. The average Bonchev–Trinajstić information content (AvgIpc) is 2.50. The van der Waals surface area contributed by atoms with Gasteiger partial charge in [0.25, 0.3) is 5.22 Å². The van der Waals surface area contributed by atoms with Crippen LogP contribution in [-0.2, 0) is 4.79 Å². The third-order valence-corrected chi connectivity index (χ3v) is 2.67. The van der Waals surface area contributed by atoms with Crippen LogP contribution in [0.5, 0.6) is 0 Å². The van der Waals surface area contributed by atoms with Gasteiger partial charge >= 0.3 is 0 Å². The van der Waals surface area contributed by atoms with Gasteiger partial charge in [0.15, 0.2) is 0 Å². The number of hydrogen-bond donors (Lipinski definition) is 0. The summed E-state index contributed by atoms with van der Waals surface area (Å²) in [6.07, 6.45) is 4.33. The predicted octanol–water partition coefficient (Wildman–Crippen LogP) is 2.83. The molecule has 0 fully saturated rings. The fourth-order valence-corrected chi connectivity index (χ4v) is 1.88. The summed E-state index contributed by atoms with van der Waals surface area (Å²) in [5.41, 5.74) is 0.913. The molecule has 0 aliphatic carbocycles. The minimum Gasteiger partial charge on any atom is -0.440 e. The first kappa shape index (κ1) is 11.3. The van der Waals surface area contributed by atoms with Crippen molar-refractivity contribution in [2.24, 2.45) is 0 Å². The van der Waals surface area contributed by atoms with Gasteiger partial charge in [0.05, 0.1) is 5.69 Å². The molecule has 0 atom stereocenters. The number of carbonyl (C=O) groups is 1. The molecule has 1 heterocycles. The molecule has 0 unspecified atom stereocenters. The number of oxazole rings is 1. The topological polar surface area (TPSA) is 43.1 Å². The lowest BCUT2D eigenvalue weighted by Crippen LogP contribution is -1.90. The second-order valence-electron chi connectivity index (χ2n) is 3.26. The second-order valence-corrected chi connectivity index (χ2v) is 4.31. The van der Waals surface area contributed by atoms with Crippen LogP contribution < -0.4 is 0 Å². The SMILES string of the molecule is CC(=O)CCCCSc1nc(C)co1. The summed E-state index contributed by atoms with van der Waals surface area (Å²) in [5, 5.41) is 0.727. The van der Waals surface area contributed by atoms with Gasteiger partial charge in [-0.2, -0.15) is 0 Å². The number of aromatic nitrogens is 1. The molecule has 3 nitrogen and oxygen atoms in total. The van der Waals surface area contributed by atoms with Gasteiger partial charge in [-0.15, -0.1) is 0 Å². The van der Waals surface area contributed by atoms with Crippen LogP contribution in [0.1, 0.15) is 31.9 Å². The van der Waals surface area contributed by atoms with E-state index in [-0.39, 0.29) is 5.78 Å². The Morgan fingerprint density at radius 3 is 2.93 bits per heavy atom. The number of rotatable bonds is 6. The number of hydrogen-bond acceptors (Lipinski definition) is 4. The molecule has 4 heteroatoms. The van der Waals surface area contributed by atoms with Crippen LogP contribution in [0.25, 0.3) is 0 Å². The van der Waals surface area contributed by atoms with Gasteiger partial charge in [-0.3, -0.25) is 0 Å². The maximum atomic E-state index is 10.6. The Morgan fingerprint density at radius 1 is 1.57 bits per heavy atom. The molecule has 1 rings (SSSR count). The maximum Gasteiger partial charge on any atom is 0.255 e. The summed E-state index contributed by atoms with van der Waals surface area (Å²) in [4.78, 5) is 14.8. The van der Waals surface area contributed by atoms with Crippen LogP contribution in [0.4, 0.5) is 0 Å². The molecule has 0 saturated carbocycles. The van der Waals surface area contributed by atoms with E-state index in [1.165, 1.54) is 0 Å². The number of thioether (sulfide) groups is 1. The Labute approximate surface area is 88.3 Å². The minimum atomic E-state index is 0.266. The highest BCUT2D eigenvalue weighted by Gasteiger charge is 2.01. The van der Waals surface area contributed by atoms with E-state index in [2.05, 4.69) is 4.98 Å². The number of Topliss-reactive ketones (excluding diaryl/α,β-unsaturated/α-hetero) is 1. The van der Waals surface area contributed by atoms with Crippen LogP contribution >= 0.6 is 11.8 Å². The van der Waals surface area contributed by atoms with Crippen LogP contribution in [0.2, 0.25) is 0 Å². The monoisotopic (exact) mass is 213 g/mol. The Kier molecular flexibility index (Phi) is 4.73. The van der Waals surface area contributed by atoms with E-state index in [4.69, 9.17) is 4.42 Å². The van der Waals surface area contributed by atoms with Crippen LogP contribution in [0.15, 0.2) is 15.9 Å². The number of nitrogens with zero attached hydrogens (tertiary/aromatic N) is 1. The number of carbonyl (C=O) groups excluding carboxylic acids is 1. The second kappa shape index (κ2) is 5.86. The first-order valence-corrected chi connectivity index (χ1v) is 5.71. The molecule has 0 aliphatic heterocycles. The van der Waals surface area contributed by atoms with E-state index in [1.54, 1.807) is 24.9 Å². The molecule has 1 aromatic heterocycles. The van der Waals surface area contributed by atoms with Crippen molar-refractivity contribution in [1.82, 2.24) is 4.98 Å². The van der Waals surface area contributed by atoms with Gasteiger partial charge < -0.3 is 9.21 Å². The quantitative estimate of drug-likeness (QED) is 0.538. The van der Waals surface area contributed by atoms with Gasteiger partial charge in [0.2, 0.25) is 0 Å². The molecule has 0 bridgehead atoms. The van der Waals surface area contributed by atoms with Crippen molar-refractivity contribution in [3.63, 3.8) is 0 Å². The first-order valence-electron chi connectivity index (χ1n) is 4.73. The zero-order chi connectivity index (χ0) is 10.4. The molecular formula is C10H15NO2S. The lowest BCUT2D eigenvalue weighted by Gasteiger charge is -1.95. The Morgan fingerprint density at radius 2 is 2.36 bits per heavy atom. The molecule has 0 N–H and O–H groups in total. The van der Waals surface area contributed by atoms with E-state index < -0.39 is 0 Å². The van der Waals surface area contributed by atoms with E-state index in [1.807, 2.05) is 6.92 Å². The Bertz CT molecular complexity index is 296. The molecule has 0 amide bonds. The third kappa shape index (κ3) is 4.46. The fraction of sp³-hybridized carbons (Fsp3) is 0.600. The van der Waals surface area contributed by atoms with E-state index >= 15 is 0 Å². The van der Waals surface area contributed by atoms with Gasteiger partial charge in [-0.25, -0.2) is 4.98 Å². The zero-order valence-corrected chi connectivity index (χ0v) is 9.39. The third-order valence-electron chi connectivity index (χ3n) is 1.75. The van der Waals surface area contributed by atoms with E-state index in [9.17, 15) is 4.79 Å². The average molecular weight is 213 g/mol. The largest absolute Gasteiger partial charge is 0.440 e. The lowest BCUT2D eigenvalue weighted by molar-refractivity contribution is -0.117. The molecule has 78 valence electrons. The summed E-state index contributed by atoms with van der Waals surface area (Å²) in [6, 6.07) is 0. The zero-order valence-electron chi connectivity index (χ0n) is 8.58. The van der Waals surface area contributed by atoms with Crippen molar-refractivity contribution in [2.45, 2.75) is 38.3 Å². The van der Waals surface area contributed by atoms with Crippen LogP contribution in [0.3, 0.4) is 0 Å². The Hall–Kier alpha value is -0.770. The van der Waals surface area contributed by atoms with Gasteiger partial charge in [0, 0.05) is 12.2 Å². The highest BCUT2D eigenvalue weighted by Crippen LogP contribution is 2.18. The smallest absolute Gasteiger partial charge is 0.255 e. The van der Waals surface area contributed by atoms with Crippen molar-refractivity contribution < 1.29 is 9.21 Å². The number of ketones is 1. The van der Waals surface area contributed by atoms with Crippen molar-refractivity contribution in [3.8, 4) is 0 Å².